The molecule has 0 N–H and O–H groups in total. The fourth-order valence-electron chi connectivity index (χ4n) is 0.929. The molecule has 0 unspecified atom stereocenters. The van der Waals surface area contributed by atoms with Gasteiger partial charge in [0.05, 0.1) is 0 Å². The van der Waals surface area contributed by atoms with E-state index >= 15 is 0 Å². The molecule has 0 fully saturated rings. The SMILES string of the molecule is C=CC[C@H](C)CSc1ncccn1. The summed E-state index contributed by atoms with van der Waals surface area (Å²) < 4.78 is 0. The van der Waals surface area contributed by atoms with E-state index in [9.17, 15) is 0 Å². The number of hydrogen-bond donors (Lipinski definition) is 0. The zero-order chi connectivity index (χ0) is 9.52. The summed E-state index contributed by atoms with van der Waals surface area (Å²) in [6, 6.07) is 1.83. The first kappa shape index (κ1) is 10.3. The molecule has 1 heterocycles. The lowest BCUT2D eigenvalue weighted by atomic mass is 10.1. The highest BCUT2D eigenvalue weighted by Crippen LogP contribution is 2.17. The lowest BCUT2D eigenvalue weighted by molar-refractivity contribution is 0.675. The van der Waals surface area contributed by atoms with Gasteiger partial charge in [-0.3, -0.25) is 0 Å². The van der Waals surface area contributed by atoms with Crippen LogP contribution in [0.4, 0.5) is 0 Å². The minimum absolute atomic E-state index is 0.645. The van der Waals surface area contributed by atoms with Crippen LogP contribution in [0.5, 0.6) is 0 Å². The normalized spacial score (nSPS) is 12.4. The summed E-state index contributed by atoms with van der Waals surface area (Å²) in [5.41, 5.74) is 0. The molecule has 1 aromatic heterocycles. The minimum atomic E-state index is 0.645. The van der Waals surface area contributed by atoms with Gasteiger partial charge in [-0.15, -0.1) is 6.58 Å². The summed E-state index contributed by atoms with van der Waals surface area (Å²) in [6.45, 7) is 5.92. The van der Waals surface area contributed by atoms with E-state index in [1.165, 1.54) is 0 Å². The maximum Gasteiger partial charge on any atom is 0.187 e. The van der Waals surface area contributed by atoms with Gasteiger partial charge in [0, 0.05) is 18.1 Å². The van der Waals surface area contributed by atoms with Crippen molar-refractivity contribution in [3.63, 3.8) is 0 Å². The fourth-order valence-corrected chi connectivity index (χ4v) is 1.77. The van der Waals surface area contributed by atoms with Crippen LogP contribution in [0.2, 0.25) is 0 Å². The lowest BCUT2D eigenvalue weighted by Crippen LogP contribution is -1.97. The molecule has 0 saturated heterocycles. The van der Waals surface area contributed by atoms with Crippen LogP contribution >= 0.6 is 11.8 Å². The van der Waals surface area contributed by atoms with Crippen molar-refractivity contribution in [1.82, 2.24) is 9.97 Å². The van der Waals surface area contributed by atoms with Crippen molar-refractivity contribution in [1.29, 1.82) is 0 Å². The molecule has 0 amide bonds. The topological polar surface area (TPSA) is 25.8 Å². The largest absolute Gasteiger partial charge is 0.231 e. The van der Waals surface area contributed by atoms with Gasteiger partial charge in [-0.25, -0.2) is 9.97 Å². The number of rotatable bonds is 5. The number of aromatic nitrogens is 2. The summed E-state index contributed by atoms with van der Waals surface area (Å²) in [4.78, 5) is 8.27. The first-order chi connectivity index (χ1) is 6.33. The van der Waals surface area contributed by atoms with Crippen LogP contribution in [0, 0.1) is 5.92 Å². The van der Waals surface area contributed by atoms with Gasteiger partial charge < -0.3 is 0 Å². The molecular formula is C10H14N2S. The molecule has 1 aromatic rings. The van der Waals surface area contributed by atoms with E-state index in [2.05, 4.69) is 23.5 Å². The Morgan fingerprint density at radius 3 is 2.85 bits per heavy atom. The third kappa shape index (κ3) is 4.08. The van der Waals surface area contributed by atoms with Crippen molar-refractivity contribution >= 4 is 11.8 Å². The zero-order valence-corrected chi connectivity index (χ0v) is 8.63. The maximum absolute atomic E-state index is 4.14. The zero-order valence-electron chi connectivity index (χ0n) is 7.81. The first-order valence-electron chi connectivity index (χ1n) is 4.33. The average molecular weight is 194 g/mol. The predicted molar refractivity (Wildman–Crippen MR) is 56.7 cm³/mol. The van der Waals surface area contributed by atoms with Gasteiger partial charge in [-0.2, -0.15) is 0 Å². The van der Waals surface area contributed by atoms with Crippen molar-refractivity contribution < 1.29 is 0 Å². The molecule has 0 saturated carbocycles. The summed E-state index contributed by atoms with van der Waals surface area (Å²) >= 11 is 1.70. The molecule has 1 atom stereocenters. The molecule has 70 valence electrons. The van der Waals surface area contributed by atoms with Gasteiger partial charge in [-0.1, -0.05) is 24.8 Å². The minimum Gasteiger partial charge on any atom is -0.231 e. The van der Waals surface area contributed by atoms with E-state index in [0.717, 1.165) is 17.3 Å². The van der Waals surface area contributed by atoms with E-state index in [1.807, 2.05) is 12.1 Å². The Morgan fingerprint density at radius 1 is 1.54 bits per heavy atom. The van der Waals surface area contributed by atoms with Crippen LogP contribution in [0.3, 0.4) is 0 Å². The van der Waals surface area contributed by atoms with E-state index in [0.29, 0.717) is 5.92 Å². The van der Waals surface area contributed by atoms with E-state index < -0.39 is 0 Å². The lowest BCUT2D eigenvalue weighted by Gasteiger charge is -2.05. The molecule has 0 bridgehead atoms. The van der Waals surface area contributed by atoms with Crippen LogP contribution in [-0.2, 0) is 0 Å². The number of nitrogens with zero attached hydrogens (tertiary/aromatic N) is 2. The molecule has 3 heteroatoms. The molecule has 1 rings (SSSR count). The molecule has 0 spiro atoms. The Kier molecular flexibility index (Phi) is 4.54. The Balaban J connectivity index is 2.30. The van der Waals surface area contributed by atoms with Crippen LogP contribution in [0.25, 0.3) is 0 Å². The van der Waals surface area contributed by atoms with Crippen LogP contribution in [-0.4, -0.2) is 15.7 Å². The summed E-state index contributed by atoms with van der Waals surface area (Å²) in [5.74, 6) is 1.70. The van der Waals surface area contributed by atoms with Crippen molar-refractivity contribution in [3.05, 3.63) is 31.1 Å². The van der Waals surface area contributed by atoms with Crippen molar-refractivity contribution in [2.45, 2.75) is 18.5 Å². The Labute approximate surface area is 83.5 Å². The molecule has 0 radical (unpaired) electrons. The van der Waals surface area contributed by atoms with Gasteiger partial charge in [0.25, 0.3) is 0 Å². The monoisotopic (exact) mass is 194 g/mol. The van der Waals surface area contributed by atoms with E-state index in [1.54, 1.807) is 24.2 Å². The fraction of sp³-hybridized carbons (Fsp3) is 0.400. The average Bonchev–Trinajstić information content (AvgIpc) is 2.17. The quantitative estimate of drug-likeness (QED) is 0.409. The highest BCUT2D eigenvalue weighted by molar-refractivity contribution is 7.99. The molecule has 0 aliphatic carbocycles. The van der Waals surface area contributed by atoms with Crippen LogP contribution in [0.1, 0.15) is 13.3 Å². The Morgan fingerprint density at radius 2 is 2.23 bits per heavy atom. The third-order valence-corrected chi connectivity index (χ3v) is 2.81. The molecular weight excluding hydrogens is 180 g/mol. The van der Waals surface area contributed by atoms with Crippen molar-refractivity contribution in [2.75, 3.05) is 5.75 Å². The molecule has 2 nitrogen and oxygen atoms in total. The molecule has 13 heavy (non-hydrogen) atoms. The van der Waals surface area contributed by atoms with Crippen molar-refractivity contribution in [2.24, 2.45) is 5.92 Å². The maximum atomic E-state index is 4.14. The number of allylic oxidation sites excluding steroid dienone is 1. The van der Waals surface area contributed by atoms with Crippen LogP contribution < -0.4 is 0 Å². The second kappa shape index (κ2) is 5.75. The van der Waals surface area contributed by atoms with E-state index in [-0.39, 0.29) is 0 Å². The smallest absolute Gasteiger partial charge is 0.187 e. The Bertz CT molecular complexity index is 248. The molecule has 0 aliphatic heterocycles. The van der Waals surface area contributed by atoms with Crippen molar-refractivity contribution in [3.8, 4) is 0 Å². The van der Waals surface area contributed by atoms with Gasteiger partial charge in [-0.05, 0) is 18.4 Å². The highest BCUT2D eigenvalue weighted by atomic mass is 32.2. The van der Waals surface area contributed by atoms with Crippen LogP contribution in [0.15, 0.2) is 36.3 Å². The first-order valence-corrected chi connectivity index (χ1v) is 5.32. The van der Waals surface area contributed by atoms with Gasteiger partial charge in [0.15, 0.2) is 5.16 Å². The van der Waals surface area contributed by atoms with E-state index in [4.69, 9.17) is 0 Å². The summed E-state index contributed by atoms with van der Waals surface area (Å²) in [6.07, 6.45) is 6.55. The molecule has 0 aromatic carbocycles. The highest BCUT2D eigenvalue weighted by Gasteiger charge is 2.01. The number of thioether (sulfide) groups is 1. The Hall–Kier alpha value is -0.830. The van der Waals surface area contributed by atoms with Gasteiger partial charge in [0.2, 0.25) is 0 Å². The summed E-state index contributed by atoms with van der Waals surface area (Å²) in [7, 11) is 0. The van der Waals surface area contributed by atoms with Gasteiger partial charge in [0.1, 0.15) is 0 Å². The van der Waals surface area contributed by atoms with Gasteiger partial charge >= 0.3 is 0 Å². The standard InChI is InChI=1S/C10H14N2S/c1-3-5-9(2)8-13-10-11-6-4-7-12-10/h3-4,6-7,9H,1,5,8H2,2H3/t9-/m0/s1. The number of hydrogen-bond acceptors (Lipinski definition) is 3. The second-order valence-electron chi connectivity index (χ2n) is 2.97. The predicted octanol–water partition coefficient (Wildman–Crippen LogP) is 2.78. The molecule has 0 aliphatic rings. The second-order valence-corrected chi connectivity index (χ2v) is 3.96. The summed E-state index contributed by atoms with van der Waals surface area (Å²) in [5, 5.41) is 0.860. The third-order valence-electron chi connectivity index (χ3n) is 1.61.